The standard InChI is InChI=1S/C24H21N3O6S/c1-13-19-21(27-16-10-18(32-3)17(31-2)9-15(16)23(28)29)25-12-26-22(19)34-20(13)24(30)33-11-14-7-5-4-6-8-14/h4-10,12H,11H2,1-3H3,(H,28,29)(H,25,26,27). The highest BCUT2D eigenvalue weighted by atomic mass is 32.1. The Morgan fingerprint density at radius 2 is 1.76 bits per heavy atom. The third-order valence-electron chi connectivity index (χ3n) is 5.13. The molecule has 0 unspecified atom stereocenters. The molecule has 0 saturated heterocycles. The maximum absolute atomic E-state index is 12.8. The zero-order chi connectivity index (χ0) is 24.2. The number of benzene rings is 2. The Hall–Kier alpha value is -4.18. The van der Waals surface area contributed by atoms with E-state index in [2.05, 4.69) is 15.3 Å². The molecular formula is C24H21N3O6S. The molecule has 0 spiro atoms. The van der Waals surface area contributed by atoms with Gasteiger partial charge in [0.15, 0.2) is 11.5 Å². The number of carboxylic acids is 1. The summed E-state index contributed by atoms with van der Waals surface area (Å²) in [6.07, 6.45) is 1.35. The van der Waals surface area contributed by atoms with E-state index in [0.29, 0.717) is 32.2 Å². The highest BCUT2D eigenvalue weighted by Crippen LogP contribution is 2.38. The van der Waals surface area contributed by atoms with E-state index in [0.717, 1.165) is 5.56 Å². The summed E-state index contributed by atoms with van der Waals surface area (Å²) >= 11 is 1.19. The molecule has 0 saturated carbocycles. The SMILES string of the molecule is COc1cc(Nc2ncnc3sc(C(=O)OCc4ccccc4)c(C)c23)c(C(=O)O)cc1OC. The van der Waals surface area contributed by atoms with Crippen molar-refractivity contribution in [1.29, 1.82) is 0 Å². The van der Waals surface area contributed by atoms with Crippen LogP contribution in [-0.4, -0.2) is 41.2 Å². The van der Waals surface area contributed by atoms with Crippen LogP contribution in [0.25, 0.3) is 10.2 Å². The van der Waals surface area contributed by atoms with Crippen molar-refractivity contribution in [3.8, 4) is 11.5 Å². The molecule has 0 bridgehead atoms. The van der Waals surface area contributed by atoms with E-state index in [4.69, 9.17) is 14.2 Å². The lowest BCUT2D eigenvalue weighted by molar-refractivity contribution is 0.0477. The first-order chi connectivity index (χ1) is 16.4. The second kappa shape index (κ2) is 9.75. The number of carbonyl (C=O) groups excluding carboxylic acids is 1. The Kier molecular flexibility index (Phi) is 6.60. The predicted octanol–water partition coefficient (Wildman–Crippen LogP) is 4.82. The van der Waals surface area contributed by atoms with Crippen LogP contribution in [-0.2, 0) is 11.3 Å². The average molecular weight is 480 g/mol. The minimum absolute atomic E-state index is 0.0280. The monoisotopic (exact) mass is 479 g/mol. The molecule has 0 aliphatic rings. The Bertz CT molecular complexity index is 1370. The number of esters is 1. The number of methoxy groups -OCH3 is 2. The predicted molar refractivity (Wildman–Crippen MR) is 128 cm³/mol. The molecule has 4 rings (SSSR count). The Morgan fingerprint density at radius 3 is 2.44 bits per heavy atom. The van der Waals surface area contributed by atoms with Crippen LogP contribution in [0.15, 0.2) is 48.8 Å². The second-order valence-electron chi connectivity index (χ2n) is 7.20. The summed E-state index contributed by atoms with van der Waals surface area (Å²) in [5, 5.41) is 13.4. The van der Waals surface area contributed by atoms with Gasteiger partial charge in [-0.25, -0.2) is 19.6 Å². The van der Waals surface area contributed by atoms with Crippen molar-refractivity contribution in [1.82, 2.24) is 9.97 Å². The lowest BCUT2D eigenvalue weighted by Gasteiger charge is -2.14. The molecule has 2 N–H and O–H groups in total. The lowest BCUT2D eigenvalue weighted by Crippen LogP contribution is -2.06. The number of aromatic nitrogens is 2. The van der Waals surface area contributed by atoms with Crippen molar-refractivity contribution in [2.45, 2.75) is 13.5 Å². The number of fused-ring (bicyclic) bond motifs is 1. The topological polar surface area (TPSA) is 120 Å². The molecular weight excluding hydrogens is 458 g/mol. The number of anilines is 2. The maximum atomic E-state index is 12.8. The first-order valence-corrected chi connectivity index (χ1v) is 11.0. The average Bonchev–Trinajstić information content (AvgIpc) is 3.20. The van der Waals surface area contributed by atoms with Gasteiger partial charge in [0.05, 0.1) is 30.9 Å². The van der Waals surface area contributed by atoms with Crippen molar-refractivity contribution >= 4 is 45.0 Å². The fraction of sp³-hybridized carbons (Fsp3) is 0.167. The molecule has 0 aliphatic carbocycles. The van der Waals surface area contributed by atoms with Gasteiger partial charge in [-0.05, 0) is 18.1 Å². The first kappa shape index (κ1) is 23.0. The van der Waals surface area contributed by atoms with E-state index >= 15 is 0 Å². The van der Waals surface area contributed by atoms with Crippen LogP contribution in [0.4, 0.5) is 11.5 Å². The number of hydrogen-bond acceptors (Lipinski definition) is 9. The van der Waals surface area contributed by atoms with Crippen LogP contribution in [0, 0.1) is 6.92 Å². The highest BCUT2D eigenvalue weighted by molar-refractivity contribution is 7.20. The Labute approximate surface area is 199 Å². The van der Waals surface area contributed by atoms with Crippen LogP contribution < -0.4 is 14.8 Å². The summed E-state index contributed by atoms with van der Waals surface area (Å²) in [5.74, 6) is -0.620. The van der Waals surface area contributed by atoms with Crippen LogP contribution in [0.1, 0.15) is 31.2 Å². The molecule has 0 amide bonds. The molecule has 174 valence electrons. The number of ether oxygens (including phenoxy) is 3. The van der Waals surface area contributed by atoms with E-state index in [-0.39, 0.29) is 23.6 Å². The zero-order valence-electron chi connectivity index (χ0n) is 18.6. The van der Waals surface area contributed by atoms with E-state index in [9.17, 15) is 14.7 Å². The summed E-state index contributed by atoms with van der Waals surface area (Å²) in [5.41, 5.74) is 1.74. The van der Waals surface area contributed by atoms with Gasteiger partial charge in [0.25, 0.3) is 0 Å². The third kappa shape index (κ3) is 4.48. The molecule has 0 aliphatic heterocycles. The first-order valence-electron chi connectivity index (χ1n) is 10.1. The second-order valence-corrected chi connectivity index (χ2v) is 8.20. The van der Waals surface area contributed by atoms with Crippen LogP contribution >= 0.6 is 11.3 Å². The largest absolute Gasteiger partial charge is 0.493 e. The van der Waals surface area contributed by atoms with E-state index < -0.39 is 11.9 Å². The van der Waals surface area contributed by atoms with Crippen LogP contribution in [0.3, 0.4) is 0 Å². The third-order valence-corrected chi connectivity index (χ3v) is 6.31. The fourth-order valence-electron chi connectivity index (χ4n) is 3.44. The fourth-order valence-corrected chi connectivity index (χ4v) is 4.48. The smallest absolute Gasteiger partial charge is 0.349 e. The minimum Gasteiger partial charge on any atom is -0.493 e. The van der Waals surface area contributed by atoms with E-state index in [1.165, 1.54) is 44.0 Å². The van der Waals surface area contributed by atoms with Gasteiger partial charge in [0, 0.05) is 12.1 Å². The van der Waals surface area contributed by atoms with Gasteiger partial charge >= 0.3 is 11.9 Å². The summed E-state index contributed by atoms with van der Waals surface area (Å²) in [4.78, 5) is 34.2. The number of aryl methyl sites for hydroxylation is 1. The molecule has 0 radical (unpaired) electrons. The Morgan fingerprint density at radius 1 is 1.06 bits per heavy atom. The highest BCUT2D eigenvalue weighted by Gasteiger charge is 2.22. The quantitative estimate of drug-likeness (QED) is 0.343. The number of nitrogens with one attached hydrogen (secondary N) is 1. The normalized spacial score (nSPS) is 10.7. The number of thiophene rings is 1. The van der Waals surface area contributed by atoms with Crippen molar-refractivity contribution in [3.63, 3.8) is 0 Å². The number of aromatic carboxylic acids is 1. The van der Waals surface area contributed by atoms with Gasteiger partial charge in [-0.1, -0.05) is 30.3 Å². The molecule has 2 aromatic heterocycles. The van der Waals surface area contributed by atoms with Gasteiger partial charge in [-0.3, -0.25) is 0 Å². The molecule has 10 heteroatoms. The van der Waals surface area contributed by atoms with Gasteiger partial charge in [-0.15, -0.1) is 11.3 Å². The van der Waals surface area contributed by atoms with Gasteiger partial charge in [0.1, 0.15) is 28.5 Å². The molecule has 34 heavy (non-hydrogen) atoms. The van der Waals surface area contributed by atoms with E-state index in [1.807, 2.05) is 30.3 Å². The van der Waals surface area contributed by atoms with Crippen LogP contribution in [0.2, 0.25) is 0 Å². The summed E-state index contributed by atoms with van der Waals surface area (Å²) in [6, 6.07) is 12.3. The van der Waals surface area contributed by atoms with Crippen molar-refractivity contribution in [2.24, 2.45) is 0 Å². The molecule has 4 aromatic rings. The van der Waals surface area contributed by atoms with Gasteiger partial charge < -0.3 is 24.6 Å². The number of hydrogen-bond donors (Lipinski definition) is 2. The minimum atomic E-state index is -1.15. The van der Waals surface area contributed by atoms with Crippen molar-refractivity contribution < 1.29 is 28.9 Å². The number of rotatable bonds is 8. The summed E-state index contributed by atoms with van der Waals surface area (Å²) in [6.45, 7) is 1.93. The zero-order valence-corrected chi connectivity index (χ0v) is 19.4. The van der Waals surface area contributed by atoms with E-state index in [1.54, 1.807) is 6.92 Å². The van der Waals surface area contributed by atoms with Crippen molar-refractivity contribution in [2.75, 3.05) is 19.5 Å². The number of carbonyl (C=O) groups is 2. The maximum Gasteiger partial charge on any atom is 0.349 e. The van der Waals surface area contributed by atoms with Gasteiger partial charge in [-0.2, -0.15) is 0 Å². The van der Waals surface area contributed by atoms with Gasteiger partial charge in [0.2, 0.25) is 0 Å². The molecule has 0 fully saturated rings. The summed E-state index contributed by atoms with van der Waals surface area (Å²) < 4.78 is 16.0. The van der Waals surface area contributed by atoms with Crippen molar-refractivity contribution in [3.05, 3.63) is 70.4 Å². The molecule has 0 atom stereocenters. The number of carboxylic acid groups (broad SMARTS) is 1. The number of nitrogens with zero attached hydrogens (tertiary/aromatic N) is 2. The van der Waals surface area contributed by atoms with Crippen LogP contribution in [0.5, 0.6) is 11.5 Å². The lowest BCUT2D eigenvalue weighted by atomic mass is 10.1. The molecule has 2 heterocycles. The molecule has 9 nitrogen and oxygen atoms in total. The molecule has 2 aromatic carbocycles. The Balaban J connectivity index is 1.69. The summed E-state index contributed by atoms with van der Waals surface area (Å²) in [7, 11) is 2.89.